The smallest absolute Gasteiger partial charge is 0.261 e. The average Bonchev–Trinajstić information content (AvgIpc) is 2.53. The molecule has 0 aliphatic carbocycles. The average molecular weight is 293 g/mol. The summed E-state index contributed by atoms with van der Waals surface area (Å²) in [6.45, 7) is 0. The van der Waals surface area contributed by atoms with Crippen LogP contribution in [0.3, 0.4) is 0 Å². The van der Waals surface area contributed by atoms with Crippen LogP contribution in [0.2, 0.25) is 0 Å². The maximum Gasteiger partial charge on any atom is 0.261 e. The van der Waals surface area contributed by atoms with E-state index >= 15 is 0 Å². The fourth-order valence-electron chi connectivity index (χ4n) is 3.14. The number of nitrogens with one attached hydrogen (secondary N) is 1. The highest BCUT2D eigenvalue weighted by atomic mass is 16.2. The van der Waals surface area contributed by atoms with Gasteiger partial charge in [0.1, 0.15) is 5.84 Å². The van der Waals surface area contributed by atoms with Gasteiger partial charge in [0.05, 0.1) is 0 Å². The number of carbonyl (C=O) groups excluding carboxylic acids is 3. The number of hydrogen-bond donors (Lipinski definition) is 1. The van der Waals surface area contributed by atoms with E-state index in [0.29, 0.717) is 33.0 Å². The zero-order valence-electron chi connectivity index (χ0n) is 11.9. The van der Waals surface area contributed by atoms with Crippen LogP contribution in [0.15, 0.2) is 24.3 Å². The van der Waals surface area contributed by atoms with Gasteiger partial charge in [-0.1, -0.05) is 0 Å². The molecule has 0 saturated heterocycles. The van der Waals surface area contributed by atoms with Gasteiger partial charge in [0, 0.05) is 47.1 Å². The minimum absolute atomic E-state index is 0.0695. The normalized spacial score (nSPS) is 16.8. The van der Waals surface area contributed by atoms with Crippen LogP contribution in [0.25, 0.3) is 10.8 Å². The van der Waals surface area contributed by atoms with Crippen molar-refractivity contribution in [3.63, 3.8) is 0 Å². The number of rotatable bonds is 0. The maximum atomic E-state index is 12.4. The summed E-state index contributed by atoms with van der Waals surface area (Å²) < 4.78 is 0. The Morgan fingerprint density at radius 1 is 0.682 bits per heavy atom. The number of carbonyl (C=O) groups is 3. The van der Waals surface area contributed by atoms with Gasteiger partial charge in [-0.3, -0.25) is 29.6 Å². The highest BCUT2D eigenvalue weighted by molar-refractivity contribution is 6.33. The topological polar surface area (TPSA) is 81.5 Å². The lowest BCUT2D eigenvalue weighted by molar-refractivity contribution is 0.0649. The number of hydrogen-bond acceptors (Lipinski definition) is 4. The first-order chi connectivity index (χ1) is 10.4. The van der Waals surface area contributed by atoms with E-state index in [2.05, 4.69) is 0 Å². The predicted octanol–water partition coefficient (Wildman–Crippen LogP) is 1.48. The second-order valence-electron chi connectivity index (χ2n) is 5.45. The molecule has 0 bridgehead atoms. The van der Waals surface area contributed by atoms with Gasteiger partial charge in [-0.15, -0.1) is 0 Å². The molecule has 6 heteroatoms. The Morgan fingerprint density at radius 2 is 1.05 bits per heavy atom. The van der Waals surface area contributed by atoms with E-state index in [1.807, 2.05) is 0 Å². The van der Waals surface area contributed by atoms with Gasteiger partial charge < -0.3 is 0 Å². The summed E-state index contributed by atoms with van der Waals surface area (Å²) in [6.07, 6.45) is 0. The molecule has 2 heterocycles. The Bertz CT molecular complexity index is 798. The third-order valence-corrected chi connectivity index (χ3v) is 4.36. The largest absolute Gasteiger partial charge is 0.296 e. The van der Waals surface area contributed by atoms with Crippen molar-refractivity contribution in [3.05, 3.63) is 46.5 Å². The zero-order chi connectivity index (χ0) is 15.8. The van der Waals surface area contributed by atoms with Crippen molar-refractivity contribution >= 4 is 34.3 Å². The summed E-state index contributed by atoms with van der Waals surface area (Å²) in [6, 6.07) is 6.46. The Hall–Kier alpha value is -3.02. The van der Waals surface area contributed by atoms with Crippen LogP contribution in [0.4, 0.5) is 0 Å². The summed E-state index contributed by atoms with van der Waals surface area (Å²) in [7, 11) is 2.98. The molecule has 2 aromatic rings. The third-order valence-electron chi connectivity index (χ3n) is 4.36. The Kier molecular flexibility index (Phi) is 2.19. The van der Waals surface area contributed by atoms with Crippen LogP contribution in [0, 0.1) is 5.41 Å². The van der Waals surface area contributed by atoms with Crippen LogP contribution in [-0.2, 0) is 0 Å². The van der Waals surface area contributed by atoms with Crippen molar-refractivity contribution in [2.24, 2.45) is 0 Å². The summed E-state index contributed by atoms with van der Waals surface area (Å²) in [5.74, 6) is -1.02. The van der Waals surface area contributed by atoms with Crippen molar-refractivity contribution in [2.45, 2.75) is 0 Å². The number of imide groups is 1. The number of amides is 3. The van der Waals surface area contributed by atoms with E-state index in [9.17, 15) is 14.4 Å². The molecule has 22 heavy (non-hydrogen) atoms. The molecule has 108 valence electrons. The molecule has 2 aliphatic rings. The number of benzene rings is 2. The van der Waals surface area contributed by atoms with E-state index in [1.54, 1.807) is 24.3 Å². The Morgan fingerprint density at radius 3 is 1.55 bits per heavy atom. The van der Waals surface area contributed by atoms with E-state index in [1.165, 1.54) is 19.0 Å². The molecule has 0 fully saturated rings. The lowest BCUT2D eigenvalue weighted by atomic mass is 9.86. The van der Waals surface area contributed by atoms with E-state index < -0.39 is 0 Å². The Balaban J connectivity index is 2.24. The fourth-order valence-corrected chi connectivity index (χ4v) is 3.14. The quantitative estimate of drug-likeness (QED) is 0.747. The molecule has 2 aliphatic heterocycles. The molecular weight excluding hydrogens is 282 g/mol. The first kappa shape index (κ1) is 12.7. The second-order valence-corrected chi connectivity index (χ2v) is 5.45. The summed E-state index contributed by atoms with van der Waals surface area (Å²) in [5, 5.41) is 9.13. The van der Waals surface area contributed by atoms with Crippen molar-refractivity contribution in [3.8, 4) is 0 Å². The molecule has 0 aromatic heterocycles. The van der Waals surface area contributed by atoms with Crippen LogP contribution < -0.4 is 0 Å². The zero-order valence-corrected chi connectivity index (χ0v) is 11.9. The van der Waals surface area contributed by atoms with E-state index in [-0.39, 0.29) is 23.6 Å². The number of amidine groups is 1. The van der Waals surface area contributed by atoms with Crippen LogP contribution in [-0.4, -0.2) is 47.5 Å². The molecule has 0 atom stereocenters. The van der Waals surface area contributed by atoms with Crippen LogP contribution >= 0.6 is 0 Å². The monoisotopic (exact) mass is 293 g/mol. The first-order valence-corrected chi connectivity index (χ1v) is 6.72. The standard InChI is InChI=1S/C16H11N3O3/c1-18-13(17)7-3-4-9-12-10(16(22)19(2)15(9)21)6-5-8(11(7)12)14(18)20/h3-6,17H,1-2H3. The van der Waals surface area contributed by atoms with Gasteiger partial charge >= 0.3 is 0 Å². The van der Waals surface area contributed by atoms with E-state index in [4.69, 9.17) is 5.41 Å². The Labute approximate surface area is 125 Å². The number of nitrogens with zero attached hydrogens (tertiary/aromatic N) is 2. The summed E-state index contributed by atoms with van der Waals surface area (Å²) in [4.78, 5) is 39.4. The van der Waals surface area contributed by atoms with Crippen molar-refractivity contribution in [2.75, 3.05) is 14.1 Å². The van der Waals surface area contributed by atoms with Gasteiger partial charge in [0.15, 0.2) is 0 Å². The highest BCUT2D eigenvalue weighted by Crippen LogP contribution is 2.36. The molecule has 4 rings (SSSR count). The molecule has 0 unspecified atom stereocenters. The lowest BCUT2D eigenvalue weighted by Gasteiger charge is -2.30. The first-order valence-electron chi connectivity index (χ1n) is 6.72. The van der Waals surface area contributed by atoms with Crippen molar-refractivity contribution in [1.29, 1.82) is 5.41 Å². The molecule has 0 saturated carbocycles. The van der Waals surface area contributed by atoms with Gasteiger partial charge in [0.25, 0.3) is 17.7 Å². The fraction of sp³-hybridized carbons (Fsp3) is 0.125. The highest BCUT2D eigenvalue weighted by Gasteiger charge is 2.36. The molecule has 0 spiro atoms. The van der Waals surface area contributed by atoms with E-state index in [0.717, 1.165) is 4.90 Å². The molecule has 6 nitrogen and oxygen atoms in total. The SMILES string of the molecule is CN1C(=N)c2ccc3c4c(ccc(c24)C1=O)C(=O)N(C)C3=O. The summed E-state index contributed by atoms with van der Waals surface area (Å²) in [5.41, 5.74) is 1.76. The third kappa shape index (κ3) is 1.25. The minimum atomic E-state index is -0.390. The molecule has 3 amide bonds. The molecule has 2 aromatic carbocycles. The molecular formula is C16H11N3O3. The minimum Gasteiger partial charge on any atom is -0.296 e. The van der Waals surface area contributed by atoms with Crippen LogP contribution in [0.5, 0.6) is 0 Å². The summed E-state index contributed by atoms with van der Waals surface area (Å²) >= 11 is 0. The van der Waals surface area contributed by atoms with Gasteiger partial charge in [-0.05, 0) is 24.3 Å². The predicted molar refractivity (Wildman–Crippen MR) is 79.3 cm³/mol. The molecule has 1 N–H and O–H groups in total. The van der Waals surface area contributed by atoms with Gasteiger partial charge in [0.2, 0.25) is 0 Å². The maximum absolute atomic E-state index is 12.4. The van der Waals surface area contributed by atoms with Crippen molar-refractivity contribution in [1.82, 2.24) is 9.80 Å². The lowest BCUT2D eigenvalue weighted by Crippen LogP contribution is -2.40. The van der Waals surface area contributed by atoms with Gasteiger partial charge in [-0.25, -0.2) is 0 Å². The van der Waals surface area contributed by atoms with Gasteiger partial charge in [-0.2, -0.15) is 0 Å². The molecule has 0 radical (unpaired) electrons. The van der Waals surface area contributed by atoms with Crippen LogP contribution in [0.1, 0.15) is 36.6 Å². The second kappa shape index (κ2) is 3.79. The van der Waals surface area contributed by atoms with Crippen molar-refractivity contribution < 1.29 is 14.4 Å².